The van der Waals surface area contributed by atoms with E-state index in [0.717, 1.165) is 5.41 Å². The average molecular weight is 432 g/mol. The van der Waals surface area contributed by atoms with Crippen LogP contribution in [0, 0.1) is 12.3 Å². The zero-order valence-electron chi connectivity index (χ0n) is 17.3. The zero-order chi connectivity index (χ0) is 22.1. The number of pyridine rings is 1. The fraction of sp³-hybridized carbons (Fsp3) is 0.286. The Morgan fingerprint density at radius 1 is 1.03 bits per heavy atom. The first-order valence-corrected chi connectivity index (χ1v) is 10.5. The van der Waals surface area contributed by atoms with E-state index in [2.05, 4.69) is 16.2 Å². The van der Waals surface area contributed by atoms with Crippen LogP contribution in [0.1, 0.15) is 11.3 Å². The Morgan fingerprint density at radius 2 is 1.67 bits per heavy atom. The van der Waals surface area contributed by atoms with Crippen LogP contribution in [0.25, 0.3) is 6.08 Å². The van der Waals surface area contributed by atoms with Gasteiger partial charge >= 0.3 is 0 Å². The first kappa shape index (κ1) is 22.9. The number of aromatic nitrogens is 1. The summed E-state index contributed by atoms with van der Waals surface area (Å²) in [4.78, 5) is 4.30. The van der Waals surface area contributed by atoms with Gasteiger partial charge in [-0.25, -0.2) is 13.4 Å². The predicted octanol–water partition coefficient (Wildman–Crippen LogP) is 2.75. The van der Waals surface area contributed by atoms with Gasteiger partial charge in [-0.1, -0.05) is 5.92 Å². The number of ether oxygens (including phenoxy) is 4. The van der Waals surface area contributed by atoms with Crippen LogP contribution in [0.4, 0.5) is 5.82 Å². The highest BCUT2D eigenvalue weighted by atomic mass is 32.2. The topological polar surface area (TPSA) is 96.0 Å². The highest BCUT2D eigenvalue weighted by molar-refractivity contribution is 7.93. The number of anilines is 1. The molecule has 0 atom stereocenters. The van der Waals surface area contributed by atoms with Gasteiger partial charge in [0.1, 0.15) is 17.2 Å². The number of sulfone groups is 1. The minimum absolute atomic E-state index is 0.233. The summed E-state index contributed by atoms with van der Waals surface area (Å²) in [5.41, 5.74) is 0.817. The third-order valence-corrected chi connectivity index (χ3v) is 5.29. The lowest BCUT2D eigenvalue weighted by molar-refractivity contribution is 0.374. The standard InChI is InChI=1S/C21H24N2O6S/c1-6-10-22-21-18(27-3)8-7-15(23-21)14-30(24,25)11-9-17-19(28-4)12-16(26-2)13-20(17)29-5/h1,7-9,11-13H,10,14H2,2-5H3,(H,22,23)/b11-9+. The summed E-state index contributed by atoms with van der Waals surface area (Å²) < 4.78 is 46.4. The Morgan fingerprint density at radius 3 is 2.20 bits per heavy atom. The number of hydrogen-bond acceptors (Lipinski definition) is 8. The third-order valence-electron chi connectivity index (χ3n) is 4.04. The largest absolute Gasteiger partial charge is 0.496 e. The molecule has 9 heteroatoms. The van der Waals surface area contributed by atoms with E-state index in [4.69, 9.17) is 25.4 Å². The second-order valence-corrected chi connectivity index (χ2v) is 7.85. The van der Waals surface area contributed by atoms with Crippen molar-refractivity contribution >= 4 is 21.7 Å². The molecule has 0 aliphatic heterocycles. The van der Waals surface area contributed by atoms with Crippen molar-refractivity contribution in [2.75, 3.05) is 40.3 Å². The van der Waals surface area contributed by atoms with Gasteiger partial charge in [0.05, 0.1) is 52.0 Å². The number of benzene rings is 1. The molecular weight excluding hydrogens is 408 g/mol. The van der Waals surface area contributed by atoms with Crippen LogP contribution in [-0.2, 0) is 15.6 Å². The molecule has 2 aromatic rings. The lowest BCUT2D eigenvalue weighted by Gasteiger charge is -2.12. The minimum atomic E-state index is -3.65. The van der Waals surface area contributed by atoms with Crippen molar-refractivity contribution < 1.29 is 27.4 Å². The summed E-state index contributed by atoms with van der Waals surface area (Å²) in [6, 6.07) is 6.50. The van der Waals surface area contributed by atoms with Gasteiger partial charge in [-0.2, -0.15) is 0 Å². The Balaban J connectivity index is 2.32. The van der Waals surface area contributed by atoms with E-state index in [1.165, 1.54) is 34.5 Å². The molecule has 30 heavy (non-hydrogen) atoms. The average Bonchev–Trinajstić information content (AvgIpc) is 2.75. The quantitative estimate of drug-likeness (QED) is 0.573. The summed E-state index contributed by atoms with van der Waals surface area (Å²) >= 11 is 0. The Hall–Kier alpha value is -3.38. The monoisotopic (exact) mass is 432 g/mol. The van der Waals surface area contributed by atoms with Gasteiger partial charge in [-0.15, -0.1) is 6.42 Å². The summed E-state index contributed by atoms with van der Waals surface area (Å²) in [5, 5.41) is 4.01. The lowest BCUT2D eigenvalue weighted by atomic mass is 10.1. The second-order valence-electron chi connectivity index (χ2n) is 5.97. The van der Waals surface area contributed by atoms with Crippen LogP contribution < -0.4 is 24.3 Å². The molecule has 0 amide bonds. The molecule has 0 fully saturated rings. The van der Waals surface area contributed by atoms with Gasteiger partial charge in [-0.3, -0.25) is 0 Å². The van der Waals surface area contributed by atoms with E-state index in [1.807, 2.05) is 0 Å². The van der Waals surface area contributed by atoms with Crippen molar-refractivity contribution in [3.8, 4) is 35.3 Å². The normalized spacial score (nSPS) is 11.0. The Labute approximate surface area is 176 Å². The van der Waals surface area contributed by atoms with Crippen LogP contribution in [-0.4, -0.2) is 48.4 Å². The van der Waals surface area contributed by atoms with Crippen molar-refractivity contribution in [1.29, 1.82) is 0 Å². The van der Waals surface area contributed by atoms with Crippen LogP contribution in [0.5, 0.6) is 23.0 Å². The van der Waals surface area contributed by atoms with E-state index in [9.17, 15) is 8.42 Å². The molecule has 160 valence electrons. The van der Waals surface area contributed by atoms with E-state index >= 15 is 0 Å². The molecular formula is C21H24N2O6S. The first-order chi connectivity index (χ1) is 14.4. The maximum Gasteiger partial charge on any atom is 0.177 e. The van der Waals surface area contributed by atoms with Crippen molar-refractivity contribution in [3.05, 3.63) is 40.9 Å². The molecule has 8 nitrogen and oxygen atoms in total. The van der Waals surface area contributed by atoms with Gasteiger partial charge in [0.25, 0.3) is 0 Å². The van der Waals surface area contributed by atoms with Crippen molar-refractivity contribution in [3.63, 3.8) is 0 Å². The number of methoxy groups -OCH3 is 4. The summed E-state index contributed by atoms with van der Waals surface area (Å²) in [6.07, 6.45) is 6.68. The number of rotatable bonds is 10. The summed E-state index contributed by atoms with van der Waals surface area (Å²) in [6.45, 7) is 0.233. The summed E-state index contributed by atoms with van der Waals surface area (Å²) in [7, 11) is 2.32. The van der Waals surface area contributed by atoms with Gasteiger partial charge in [0, 0.05) is 17.5 Å². The smallest absolute Gasteiger partial charge is 0.177 e. The molecule has 1 aromatic heterocycles. The SMILES string of the molecule is C#CCNc1nc(CS(=O)(=O)/C=C/c2c(OC)cc(OC)cc2OC)ccc1OC. The van der Waals surface area contributed by atoms with Crippen LogP contribution >= 0.6 is 0 Å². The maximum atomic E-state index is 12.7. The molecule has 0 radical (unpaired) electrons. The number of terminal acetylenes is 1. The minimum Gasteiger partial charge on any atom is -0.496 e. The molecule has 0 aliphatic rings. The van der Waals surface area contributed by atoms with E-state index < -0.39 is 9.84 Å². The van der Waals surface area contributed by atoms with E-state index in [1.54, 1.807) is 24.3 Å². The molecule has 0 spiro atoms. The third kappa shape index (κ3) is 5.81. The molecule has 1 N–H and O–H groups in total. The molecule has 1 aromatic carbocycles. The number of hydrogen-bond donors (Lipinski definition) is 1. The van der Waals surface area contributed by atoms with Gasteiger partial charge < -0.3 is 24.3 Å². The van der Waals surface area contributed by atoms with Crippen LogP contribution in [0.15, 0.2) is 29.7 Å². The zero-order valence-corrected chi connectivity index (χ0v) is 18.1. The molecule has 0 bridgehead atoms. The van der Waals surface area contributed by atoms with Crippen molar-refractivity contribution in [2.45, 2.75) is 5.75 Å². The molecule has 0 saturated carbocycles. The fourth-order valence-corrected chi connectivity index (χ4v) is 3.63. The van der Waals surface area contributed by atoms with Gasteiger partial charge in [0.15, 0.2) is 21.4 Å². The molecule has 0 unspecified atom stereocenters. The highest BCUT2D eigenvalue weighted by Crippen LogP contribution is 2.35. The molecule has 0 aliphatic carbocycles. The van der Waals surface area contributed by atoms with E-state index in [0.29, 0.717) is 40.1 Å². The van der Waals surface area contributed by atoms with Crippen molar-refractivity contribution in [1.82, 2.24) is 4.98 Å². The number of nitrogens with zero attached hydrogens (tertiary/aromatic N) is 1. The highest BCUT2D eigenvalue weighted by Gasteiger charge is 2.15. The molecule has 1 heterocycles. The molecule has 0 saturated heterocycles. The summed E-state index contributed by atoms with van der Waals surface area (Å²) in [5.74, 6) is 4.34. The Kier molecular flexibility index (Phi) is 7.95. The fourth-order valence-electron chi connectivity index (χ4n) is 2.62. The first-order valence-electron chi connectivity index (χ1n) is 8.79. The Bertz CT molecular complexity index is 1030. The van der Waals surface area contributed by atoms with Crippen LogP contribution in [0.2, 0.25) is 0 Å². The van der Waals surface area contributed by atoms with Gasteiger partial charge in [-0.05, 0) is 18.2 Å². The van der Waals surface area contributed by atoms with Crippen molar-refractivity contribution in [2.24, 2.45) is 0 Å². The van der Waals surface area contributed by atoms with Crippen LogP contribution in [0.3, 0.4) is 0 Å². The van der Waals surface area contributed by atoms with Gasteiger partial charge in [0.2, 0.25) is 0 Å². The maximum absolute atomic E-state index is 12.7. The van der Waals surface area contributed by atoms with E-state index in [-0.39, 0.29) is 12.3 Å². The predicted molar refractivity (Wildman–Crippen MR) is 116 cm³/mol. The molecule has 2 rings (SSSR count). The second kappa shape index (κ2) is 10.4. The lowest BCUT2D eigenvalue weighted by Crippen LogP contribution is -2.07. The number of nitrogens with one attached hydrogen (secondary N) is 1.